The van der Waals surface area contributed by atoms with Gasteiger partial charge in [0.15, 0.2) is 6.29 Å². The van der Waals surface area contributed by atoms with E-state index in [1.807, 2.05) is 5.92 Å². The minimum absolute atomic E-state index is 0.372. The van der Waals surface area contributed by atoms with Crippen LogP contribution in [0.5, 0.6) is 0 Å². The third kappa shape index (κ3) is 2.75. The Hall–Kier alpha value is -2.15. The number of nitrogens with zero attached hydrogens (tertiary/aromatic N) is 1. The van der Waals surface area contributed by atoms with E-state index in [0.29, 0.717) is 17.4 Å². The summed E-state index contributed by atoms with van der Waals surface area (Å²) >= 11 is 0. The molecule has 0 spiro atoms. The molecule has 4 nitrogen and oxygen atoms in total. The van der Waals surface area contributed by atoms with E-state index in [0.717, 1.165) is 0 Å². The number of carboxylic acid groups (broad SMARTS) is 1. The Morgan fingerprint density at radius 3 is 2.92 bits per heavy atom. The summed E-state index contributed by atoms with van der Waals surface area (Å²) < 4.78 is 0. The van der Waals surface area contributed by atoms with Crippen molar-refractivity contribution in [1.82, 2.24) is 4.98 Å². The van der Waals surface area contributed by atoms with Crippen LogP contribution in [-0.4, -0.2) is 22.3 Å². The molecule has 0 atom stereocenters. The summed E-state index contributed by atoms with van der Waals surface area (Å²) in [5.41, 5.74) is 0.782. The lowest BCUT2D eigenvalue weighted by atomic mass is 10.2. The van der Waals surface area contributed by atoms with Gasteiger partial charge in [-0.3, -0.25) is 9.78 Å². The van der Waals surface area contributed by atoms with Gasteiger partial charge in [0.1, 0.15) is 0 Å². The summed E-state index contributed by atoms with van der Waals surface area (Å²) in [5.74, 6) is 3.06. The third-order valence-electron chi connectivity index (χ3n) is 1.21. The van der Waals surface area contributed by atoms with Gasteiger partial charge in [-0.25, -0.2) is 4.79 Å². The second kappa shape index (κ2) is 4.02. The van der Waals surface area contributed by atoms with Gasteiger partial charge >= 0.3 is 5.97 Å². The van der Waals surface area contributed by atoms with Gasteiger partial charge in [0.2, 0.25) is 0 Å². The largest absolute Gasteiger partial charge is 0.472 e. The first-order valence-electron chi connectivity index (χ1n) is 3.37. The van der Waals surface area contributed by atoms with Crippen LogP contribution in [0.25, 0.3) is 0 Å². The van der Waals surface area contributed by atoms with Crippen LogP contribution in [-0.2, 0) is 4.79 Å². The monoisotopic (exact) mass is 175 g/mol. The molecular formula is C9H5NO3. The van der Waals surface area contributed by atoms with E-state index in [9.17, 15) is 9.59 Å². The molecule has 64 valence electrons. The zero-order valence-corrected chi connectivity index (χ0v) is 6.52. The Balaban J connectivity index is 2.98. The number of aldehydes is 1. The van der Waals surface area contributed by atoms with Crippen molar-refractivity contribution >= 4 is 12.3 Å². The van der Waals surface area contributed by atoms with Gasteiger partial charge in [0.25, 0.3) is 0 Å². The highest BCUT2D eigenvalue weighted by Crippen LogP contribution is 1.97. The number of rotatable bonds is 1. The Morgan fingerprint density at radius 1 is 1.54 bits per heavy atom. The number of hydrogen-bond acceptors (Lipinski definition) is 3. The fourth-order valence-electron chi connectivity index (χ4n) is 0.716. The molecule has 1 aromatic heterocycles. The van der Waals surface area contributed by atoms with Gasteiger partial charge in [-0.1, -0.05) is 5.92 Å². The lowest BCUT2D eigenvalue weighted by molar-refractivity contribution is -0.130. The van der Waals surface area contributed by atoms with Crippen molar-refractivity contribution < 1.29 is 14.7 Å². The molecule has 0 fully saturated rings. The normalized spacial score (nSPS) is 8.31. The lowest BCUT2D eigenvalue weighted by Crippen LogP contribution is -1.89. The maximum Gasteiger partial charge on any atom is 0.382 e. The maximum absolute atomic E-state index is 10.3. The van der Waals surface area contributed by atoms with Crippen molar-refractivity contribution in [3.05, 3.63) is 29.6 Å². The summed E-state index contributed by atoms with van der Waals surface area (Å²) in [7, 11) is 0. The van der Waals surface area contributed by atoms with E-state index >= 15 is 0 Å². The van der Waals surface area contributed by atoms with E-state index in [1.54, 1.807) is 0 Å². The first-order chi connectivity index (χ1) is 6.22. The van der Waals surface area contributed by atoms with E-state index in [2.05, 4.69) is 10.9 Å². The number of aromatic nitrogens is 1. The highest BCUT2D eigenvalue weighted by molar-refractivity contribution is 5.87. The molecule has 0 aliphatic carbocycles. The smallest absolute Gasteiger partial charge is 0.382 e. The second-order valence-electron chi connectivity index (χ2n) is 2.18. The van der Waals surface area contributed by atoms with Crippen LogP contribution in [0, 0.1) is 11.8 Å². The van der Waals surface area contributed by atoms with E-state index in [-0.39, 0.29) is 0 Å². The first-order valence-corrected chi connectivity index (χ1v) is 3.37. The van der Waals surface area contributed by atoms with Crippen molar-refractivity contribution in [3.63, 3.8) is 0 Å². The summed E-state index contributed by atoms with van der Waals surface area (Å²) in [6.07, 6.45) is 3.39. The summed E-state index contributed by atoms with van der Waals surface area (Å²) in [6, 6.07) is 1.47. The predicted octanol–water partition coefficient (Wildman–Crippen LogP) is 0.330. The molecule has 0 amide bonds. The molecule has 0 bridgehead atoms. The molecule has 0 aromatic carbocycles. The molecule has 1 N–H and O–H groups in total. The maximum atomic E-state index is 10.3. The van der Waals surface area contributed by atoms with Gasteiger partial charge in [-0.2, -0.15) is 0 Å². The highest BCUT2D eigenvalue weighted by Gasteiger charge is 1.92. The van der Waals surface area contributed by atoms with Gasteiger partial charge in [0, 0.05) is 29.4 Å². The summed E-state index contributed by atoms with van der Waals surface area (Å²) in [4.78, 5) is 24.1. The van der Waals surface area contributed by atoms with Crippen LogP contribution in [0.4, 0.5) is 0 Å². The number of pyridine rings is 1. The fourth-order valence-corrected chi connectivity index (χ4v) is 0.716. The van der Waals surface area contributed by atoms with E-state index < -0.39 is 5.97 Å². The average molecular weight is 175 g/mol. The van der Waals surface area contributed by atoms with Crippen molar-refractivity contribution in [3.8, 4) is 11.8 Å². The van der Waals surface area contributed by atoms with Crippen molar-refractivity contribution in [2.24, 2.45) is 0 Å². The predicted molar refractivity (Wildman–Crippen MR) is 44.1 cm³/mol. The highest BCUT2D eigenvalue weighted by atomic mass is 16.4. The molecule has 0 saturated carbocycles. The van der Waals surface area contributed by atoms with Crippen molar-refractivity contribution in [2.75, 3.05) is 0 Å². The molecule has 0 aliphatic heterocycles. The van der Waals surface area contributed by atoms with Crippen molar-refractivity contribution in [2.45, 2.75) is 0 Å². The van der Waals surface area contributed by atoms with Crippen LogP contribution in [0.15, 0.2) is 18.5 Å². The summed E-state index contributed by atoms with van der Waals surface area (Å²) in [5, 5.41) is 8.24. The molecule has 1 rings (SSSR count). The molecule has 13 heavy (non-hydrogen) atoms. The number of aliphatic carboxylic acids is 1. The number of carbonyl (C=O) groups excluding carboxylic acids is 1. The minimum Gasteiger partial charge on any atom is -0.472 e. The first kappa shape index (κ1) is 8.94. The molecule has 0 aliphatic rings. The van der Waals surface area contributed by atoms with Gasteiger partial charge in [-0.05, 0) is 6.07 Å². The number of hydrogen-bond donors (Lipinski definition) is 1. The fraction of sp³-hybridized carbons (Fsp3) is 0. The third-order valence-corrected chi connectivity index (χ3v) is 1.21. The van der Waals surface area contributed by atoms with Crippen LogP contribution in [0.1, 0.15) is 15.9 Å². The minimum atomic E-state index is -1.21. The zero-order chi connectivity index (χ0) is 9.68. The zero-order valence-electron chi connectivity index (χ0n) is 6.52. The quantitative estimate of drug-likeness (QED) is 0.493. The SMILES string of the molecule is O=Cc1cncc(C#CC(=O)O)c1. The number of carbonyl (C=O) groups is 2. The topological polar surface area (TPSA) is 67.3 Å². The number of carboxylic acids is 1. The average Bonchev–Trinajstić information content (AvgIpc) is 2.15. The van der Waals surface area contributed by atoms with Crippen LogP contribution < -0.4 is 0 Å². The second-order valence-corrected chi connectivity index (χ2v) is 2.18. The molecule has 0 unspecified atom stereocenters. The Bertz CT molecular complexity index is 401. The standard InChI is InChI=1S/C9H5NO3/c11-6-8-3-7(4-10-5-8)1-2-9(12)13/h3-6H,(H,12,13). The molecule has 0 saturated heterocycles. The molecule has 0 radical (unpaired) electrons. The van der Waals surface area contributed by atoms with Crippen molar-refractivity contribution in [1.29, 1.82) is 0 Å². The molecule has 1 heterocycles. The Morgan fingerprint density at radius 2 is 2.31 bits per heavy atom. The Kier molecular flexibility index (Phi) is 2.77. The summed E-state index contributed by atoms with van der Waals surface area (Å²) in [6.45, 7) is 0. The molecule has 4 heteroatoms. The van der Waals surface area contributed by atoms with Gasteiger partial charge in [-0.15, -0.1) is 0 Å². The van der Waals surface area contributed by atoms with E-state index in [4.69, 9.17) is 5.11 Å². The van der Waals surface area contributed by atoms with Crippen LogP contribution >= 0.6 is 0 Å². The molecular weight excluding hydrogens is 170 g/mol. The van der Waals surface area contributed by atoms with Crippen LogP contribution in [0.2, 0.25) is 0 Å². The molecule has 1 aromatic rings. The van der Waals surface area contributed by atoms with E-state index in [1.165, 1.54) is 18.5 Å². The van der Waals surface area contributed by atoms with Gasteiger partial charge in [0.05, 0.1) is 0 Å². The van der Waals surface area contributed by atoms with Crippen LogP contribution in [0.3, 0.4) is 0 Å². The lowest BCUT2D eigenvalue weighted by Gasteiger charge is -1.89. The Labute approximate surface area is 74.2 Å². The van der Waals surface area contributed by atoms with Gasteiger partial charge < -0.3 is 5.11 Å².